The van der Waals surface area contributed by atoms with Gasteiger partial charge in [0.05, 0.1) is 11.1 Å². The van der Waals surface area contributed by atoms with Crippen LogP contribution in [-0.2, 0) is 4.79 Å². The van der Waals surface area contributed by atoms with Gasteiger partial charge in [-0.1, -0.05) is 12.1 Å². The molecule has 1 saturated carbocycles. The molecule has 3 amide bonds. The lowest BCUT2D eigenvalue weighted by molar-refractivity contribution is -0.119. The molecule has 0 bridgehead atoms. The van der Waals surface area contributed by atoms with Crippen molar-refractivity contribution in [3.8, 4) is 28.2 Å². The maximum absolute atomic E-state index is 14.2. The van der Waals surface area contributed by atoms with Gasteiger partial charge in [0, 0.05) is 30.2 Å². The molecule has 222 valence electrons. The second kappa shape index (κ2) is 11.6. The molecule has 0 atom stereocenters. The summed E-state index contributed by atoms with van der Waals surface area (Å²) < 4.78 is 25.5. The second-order valence-corrected chi connectivity index (χ2v) is 10.6. The number of amides is 3. The summed E-state index contributed by atoms with van der Waals surface area (Å²) in [6.07, 6.45) is 3.32. The molecule has 3 N–H and O–H groups in total. The molecular weight excluding hydrogens is 563 g/mol. The molecule has 0 aliphatic heterocycles. The van der Waals surface area contributed by atoms with Crippen LogP contribution in [0.2, 0.25) is 0 Å². The number of aromatic nitrogens is 1. The maximum Gasteiger partial charge on any atom is 0.263 e. The zero-order chi connectivity index (χ0) is 31.0. The maximum atomic E-state index is 14.2. The monoisotopic (exact) mass is 592 g/mol. The summed E-state index contributed by atoms with van der Waals surface area (Å²) in [6.45, 7) is 1.47. The summed E-state index contributed by atoms with van der Waals surface area (Å²) >= 11 is 0. The number of nitrogens with zero attached hydrogens (tertiary/aromatic N) is 2. The number of halogens is 1. The lowest BCUT2D eigenvalue weighted by Crippen LogP contribution is -2.34. The van der Waals surface area contributed by atoms with E-state index in [1.807, 2.05) is 25.1 Å². The molecule has 1 aliphatic rings. The zero-order valence-corrected chi connectivity index (χ0v) is 24.1. The zero-order valence-electron chi connectivity index (χ0n) is 24.1. The van der Waals surface area contributed by atoms with Crippen molar-refractivity contribution >= 4 is 34.5 Å². The van der Waals surface area contributed by atoms with Gasteiger partial charge in [-0.25, -0.2) is 9.37 Å². The van der Waals surface area contributed by atoms with Crippen molar-refractivity contribution in [2.45, 2.75) is 25.8 Å². The summed E-state index contributed by atoms with van der Waals surface area (Å²) in [6, 6.07) is 20.0. The SMILES string of the molecule is CNC(=O)c1c(-c2ccc(F)cc2)oc2ccc(-c3cc(C(=O)N(c4ccccn4)C4CC4)c(OCC(N)=O)cc3C)cc12. The summed E-state index contributed by atoms with van der Waals surface area (Å²) in [5.74, 6) is -0.690. The number of carbonyl (C=O) groups excluding carboxylic acids is 3. The van der Waals surface area contributed by atoms with Crippen LogP contribution >= 0.6 is 0 Å². The molecular formula is C34H29FN4O5. The van der Waals surface area contributed by atoms with Gasteiger partial charge in [-0.05, 0) is 97.1 Å². The van der Waals surface area contributed by atoms with Gasteiger partial charge in [0.1, 0.15) is 28.7 Å². The van der Waals surface area contributed by atoms with Gasteiger partial charge in [-0.15, -0.1) is 0 Å². The van der Waals surface area contributed by atoms with Crippen molar-refractivity contribution in [3.05, 3.63) is 102 Å². The van der Waals surface area contributed by atoms with Gasteiger partial charge in [0.15, 0.2) is 6.61 Å². The minimum absolute atomic E-state index is 0.00609. The van der Waals surface area contributed by atoms with E-state index < -0.39 is 18.3 Å². The minimum atomic E-state index is -0.669. The van der Waals surface area contributed by atoms with Gasteiger partial charge in [0.25, 0.3) is 17.7 Å². The number of nitrogens with two attached hydrogens (primary N) is 1. The number of hydrogen-bond acceptors (Lipinski definition) is 6. The largest absolute Gasteiger partial charge is 0.483 e. The lowest BCUT2D eigenvalue weighted by atomic mass is 9.94. The highest BCUT2D eigenvalue weighted by molar-refractivity contribution is 6.12. The Bertz CT molecular complexity index is 1900. The van der Waals surface area contributed by atoms with E-state index in [0.29, 0.717) is 39.2 Å². The molecule has 0 radical (unpaired) electrons. The number of furan rings is 1. The van der Waals surface area contributed by atoms with Crippen LogP contribution in [0, 0.1) is 12.7 Å². The van der Waals surface area contributed by atoms with E-state index in [1.54, 1.807) is 53.6 Å². The van der Waals surface area contributed by atoms with E-state index in [0.717, 1.165) is 24.0 Å². The summed E-state index contributed by atoms with van der Waals surface area (Å²) in [4.78, 5) is 44.9. The average molecular weight is 593 g/mol. The molecule has 44 heavy (non-hydrogen) atoms. The summed E-state index contributed by atoms with van der Waals surface area (Å²) in [5.41, 5.74) is 9.13. The number of benzene rings is 3. The van der Waals surface area contributed by atoms with E-state index in [-0.39, 0.29) is 29.2 Å². The van der Waals surface area contributed by atoms with E-state index >= 15 is 0 Å². The number of carbonyl (C=O) groups is 3. The van der Waals surface area contributed by atoms with Crippen LogP contribution < -0.4 is 20.7 Å². The molecule has 0 spiro atoms. The van der Waals surface area contributed by atoms with Crippen LogP contribution in [0.25, 0.3) is 33.4 Å². The molecule has 5 aromatic rings. The molecule has 2 aromatic heterocycles. The quantitative estimate of drug-likeness (QED) is 0.228. The van der Waals surface area contributed by atoms with E-state index in [4.69, 9.17) is 14.9 Å². The van der Waals surface area contributed by atoms with Crippen LogP contribution in [0.15, 0.2) is 83.4 Å². The van der Waals surface area contributed by atoms with Crippen LogP contribution in [0.3, 0.4) is 0 Å². The molecule has 1 aliphatic carbocycles. The van der Waals surface area contributed by atoms with Gasteiger partial charge < -0.3 is 20.2 Å². The highest BCUT2D eigenvalue weighted by Crippen LogP contribution is 2.39. The van der Waals surface area contributed by atoms with E-state index in [9.17, 15) is 18.8 Å². The normalized spacial score (nSPS) is 12.6. The number of primary amides is 1. The first-order valence-corrected chi connectivity index (χ1v) is 14.1. The first-order chi connectivity index (χ1) is 21.2. The van der Waals surface area contributed by atoms with Gasteiger partial charge >= 0.3 is 0 Å². The van der Waals surface area contributed by atoms with E-state index in [1.165, 1.54) is 19.2 Å². The molecule has 10 heteroatoms. The predicted molar refractivity (Wildman–Crippen MR) is 164 cm³/mol. The fraction of sp³-hybridized carbons (Fsp3) is 0.176. The highest BCUT2D eigenvalue weighted by atomic mass is 19.1. The second-order valence-electron chi connectivity index (χ2n) is 10.6. The van der Waals surface area contributed by atoms with Crippen molar-refractivity contribution in [3.63, 3.8) is 0 Å². The van der Waals surface area contributed by atoms with E-state index in [2.05, 4.69) is 10.3 Å². The number of hydrogen-bond donors (Lipinski definition) is 2. The Hall–Kier alpha value is -5.51. The summed E-state index contributed by atoms with van der Waals surface area (Å²) in [7, 11) is 1.53. The Labute approximate surface area is 252 Å². The molecule has 6 rings (SSSR count). The van der Waals surface area contributed by atoms with Crippen molar-refractivity contribution in [1.29, 1.82) is 0 Å². The topological polar surface area (TPSA) is 128 Å². The van der Waals surface area contributed by atoms with Gasteiger partial charge in [-0.2, -0.15) is 0 Å². The predicted octanol–water partition coefficient (Wildman–Crippen LogP) is 5.64. The first-order valence-electron chi connectivity index (χ1n) is 14.1. The Balaban J connectivity index is 1.49. The fourth-order valence-corrected chi connectivity index (χ4v) is 5.26. The first kappa shape index (κ1) is 28.6. The summed E-state index contributed by atoms with van der Waals surface area (Å²) in [5, 5.41) is 3.22. The lowest BCUT2D eigenvalue weighted by Gasteiger charge is -2.23. The number of anilines is 1. The van der Waals surface area contributed by atoms with Gasteiger partial charge in [0.2, 0.25) is 0 Å². The molecule has 0 saturated heterocycles. The molecule has 2 heterocycles. The smallest absolute Gasteiger partial charge is 0.263 e. The fourth-order valence-electron chi connectivity index (χ4n) is 5.26. The molecule has 0 unspecified atom stereocenters. The van der Waals surface area contributed by atoms with Crippen molar-refractivity contribution < 1.29 is 27.9 Å². The molecule has 3 aromatic carbocycles. The van der Waals surface area contributed by atoms with Crippen molar-refractivity contribution in [2.24, 2.45) is 5.73 Å². The average Bonchev–Trinajstić information content (AvgIpc) is 3.79. The standard InChI is InChI=1S/C34H29FN4O5/c1-19-15-28(43-18-29(36)40)26(34(42)39(23-11-12-23)30-5-3-4-14-38-30)17-24(19)21-8-13-27-25(16-21)31(33(41)37-2)32(44-27)20-6-9-22(35)10-7-20/h3-10,13-17,23H,11-12,18H2,1-2H3,(H2,36,40)(H,37,41). The Morgan fingerprint density at radius 1 is 1.05 bits per heavy atom. The third kappa shape index (κ3) is 5.49. The van der Waals surface area contributed by atoms with Crippen molar-refractivity contribution in [2.75, 3.05) is 18.6 Å². The molecule has 1 fully saturated rings. The van der Waals surface area contributed by atoms with Crippen LogP contribution in [-0.4, -0.2) is 42.4 Å². The van der Waals surface area contributed by atoms with Gasteiger partial charge in [-0.3, -0.25) is 19.3 Å². The third-order valence-corrected chi connectivity index (χ3v) is 7.51. The van der Waals surface area contributed by atoms with Crippen LogP contribution in [0.1, 0.15) is 39.1 Å². The van der Waals surface area contributed by atoms with Crippen LogP contribution in [0.4, 0.5) is 10.2 Å². The number of fused-ring (bicyclic) bond motifs is 1. The molecule has 9 nitrogen and oxygen atoms in total. The minimum Gasteiger partial charge on any atom is -0.483 e. The Morgan fingerprint density at radius 3 is 2.45 bits per heavy atom. The van der Waals surface area contributed by atoms with Crippen LogP contribution in [0.5, 0.6) is 5.75 Å². The third-order valence-electron chi connectivity index (χ3n) is 7.51. The number of rotatable bonds is 9. The highest BCUT2D eigenvalue weighted by Gasteiger charge is 2.36. The number of aryl methyl sites for hydroxylation is 1. The Kier molecular flexibility index (Phi) is 7.57. The number of ether oxygens (including phenoxy) is 1. The number of nitrogens with one attached hydrogen (secondary N) is 1. The number of pyridine rings is 1. The van der Waals surface area contributed by atoms with Crippen molar-refractivity contribution in [1.82, 2.24) is 10.3 Å². The Morgan fingerprint density at radius 2 is 1.80 bits per heavy atom.